The standard InChI is InChI=1S/C16H25NO4/c1-9(2)7-16(3,21)8-17-14(18)12-10-4-5-11(6-10)13(12)15(19)20/h4-5,9-13,21H,6-8H2,1-3H3,(H,17,18)(H,19,20)/t10?,11?,12-,13+,16?/m0/s1. The third-order valence-electron chi connectivity index (χ3n) is 4.54. The highest BCUT2D eigenvalue weighted by Gasteiger charge is 2.51. The van der Waals surface area contributed by atoms with E-state index >= 15 is 0 Å². The molecular weight excluding hydrogens is 270 g/mol. The van der Waals surface area contributed by atoms with Crippen molar-refractivity contribution in [3.63, 3.8) is 0 Å². The average Bonchev–Trinajstić information content (AvgIpc) is 2.94. The Balaban J connectivity index is 1.97. The van der Waals surface area contributed by atoms with Gasteiger partial charge >= 0.3 is 5.97 Å². The minimum absolute atomic E-state index is 0.0196. The van der Waals surface area contributed by atoms with Gasteiger partial charge in [0.05, 0.1) is 17.4 Å². The van der Waals surface area contributed by atoms with E-state index in [-0.39, 0.29) is 24.3 Å². The molecule has 21 heavy (non-hydrogen) atoms. The van der Waals surface area contributed by atoms with Crippen molar-refractivity contribution in [2.24, 2.45) is 29.6 Å². The first-order chi connectivity index (χ1) is 9.71. The van der Waals surface area contributed by atoms with Crippen molar-refractivity contribution in [1.29, 1.82) is 0 Å². The number of carbonyl (C=O) groups is 2. The number of carboxylic acids is 1. The Kier molecular flexibility index (Phi) is 4.42. The third-order valence-corrected chi connectivity index (χ3v) is 4.54. The highest BCUT2D eigenvalue weighted by atomic mass is 16.4. The van der Waals surface area contributed by atoms with Gasteiger partial charge in [-0.1, -0.05) is 26.0 Å². The van der Waals surface area contributed by atoms with E-state index in [1.807, 2.05) is 26.0 Å². The van der Waals surface area contributed by atoms with Crippen molar-refractivity contribution in [3.05, 3.63) is 12.2 Å². The second-order valence-electron chi connectivity index (χ2n) is 7.15. The van der Waals surface area contributed by atoms with Gasteiger partial charge in [-0.05, 0) is 37.5 Å². The van der Waals surface area contributed by atoms with E-state index in [4.69, 9.17) is 0 Å². The van der Waals surface area contributed by atoms with Crippen molar-refractivity contribution >= 4 is 11.9 Å². The van der Waals surface area contributed by atoms with Gasteiger partial charge in [-0.3, -0.25) is 9.59 Å². The lowest BCUT2D eigenvalue weighted by atomic mass is 9.82. The topological polar surface area (TPSA) is 86.6 Å². The van der Waals surface area contributed by atoms with Gasteiger partial charge < -0.3 is 15.5 Å². The lowest BCUT2D eigenvalue weighted by molar-refractivity contribution is -0.148. The summed E-state index contributed by atoms with van der Waals surface area (Å²) in [5, 5.41) is 22.3. The van der Waals surface area contributed by atoms with Crippen molar-refractivity contribution in [1.82, 2.24) is 5.32 Å². The number of aliphatic hydroxyl groups is 1. The van der Waals surface area contributed by atoms with Crippen LogP contribution in [0.3, 0.4) is 0 Å². The van der Waals surface area contributed by atoms with Crippen LogP contribution in [0.1, 0.15) is 33.6 Å². The smallest absolute Gasteiger partial charge is 0.307 e. The number of rotatable bonds is 6. The number of nitrogens with one attached hydrogen (secondary N) is 1. The van der Waals surface area contributed by atoms with Gasteiger partial charge in [0.15, 0.2) is 0 Å². The molecular formula is C16H25NO4. The Bertz CT molecular complexity index is 455. The molecule has 2 rings (SSSR count). The SMILES string of the molecule is CC(C)CC(C)(O)CNC(=O)[C@H]1C2C=CC(C2)[C@H]1C(=O)O. The fourth-order valence-corrected chi connectivity index (χ4v) is 3.86. The summed E-state index contributed by atoms with van der Waals surface area (Å²) < 4.78 is 0. The first-order valence-corrected chi connectivity index (χ1v) is 7.62. The lowest BCUT2D eigenvalue weighted by Gasteiger charge is -2.28. The third kappa shape index (κ3) is 3.46. The Labute approximate surface area is 125 Å². The van der Waals surface area contributed by atoms with Gasteiger partial charge in [-0.15, -0.1) is 0 Å². The molecule has 0 spiro atoms. The van der Waals surface area contributed by atoms with E-state index < -0.39 is 23.4 Å². The first-order valence-electron chi connectivity index (χ1n) is 7.62. The molecule has 0 heterocycles. The number of carbonyl (C=O) groups excluding carboxylic acids is 1. The molecule has 118 valence electrons. The van der Waals surface area contributed by atoms with Crippen LogP contribution < -0.4 is 5.32 Å². The van der Waals surface area contributed by atoms with Gasteiger partial charge in [-0.25, -0.2) is 0 Å². The summed E-state index contributed by atoms with van der Waals surface area (Å²) in [6, 6.07) is 0. The highest BCUT2D eigenvalue weighted by Crippen LogP contribution is 2.48. The normalized spacial score (nSPS) is 33.2. The molecule has 1 fully saturated rings. The molecule has 1 saturated carbocycles. The summed E-state index contributed by atoms with van der Waals surface area (Å²) in [5.41, 5.74) is -0.962. The number of amides is 1. The fraction of sp³-hybridized carbons (Fsp3) is 0.750. The summed E-state index contributed by atoms with van der Waals surface area (Å²) in [6.45, 7) is 5.88. The number of aliphatic carboxylic acids is 1. The van der Waals surface area contributed by atoms with Gasteiger partial charge in [0.2, 0.25) is 5.91 Å². The monoisotopic (exact) mass is 295 g/mol. The molecule has 0 aromatic rings. The van der Waals surface area contributed by atoms with E-state index in [0.29, 0.717) is 12.3 Å². The van der Waals surface area contributed by atoms with Crippen LogP contribution in [0.15, 0.2) is 12.2 Å². The molecule has 2 aliphatic rings. The van der Waals surface area contributed by atoms with Gasteiger partial charge in [0.1, 0.15) is 0 Å². The zero-order valence-electron chi connectivity index (χ0n) is 12.9. The van der Waals surface area contributed by atoms with Crippen LogP contribution in [-0.4, -0.2) is 34.2 Å². The van der Waals surface area contributed by atoms with Gasteiger partial charge in [0, 0.05) is 6.54 Å². The van der Waals surface area contributed by atoms with E-state index in [1.54, 1.807) is 6.92 Å². The number of allylic oxidation sites excluding steroid dienone is 2. The molecule has 5 nitrogen and oxygen atoms in total. The number of carboxylic acid groups (broad SMARTS) is 1. The van der Waals surface area contributed by atoms with Crippen molar-refractivity contribution < 1.29 is 19.8 Å². The van der Waals surface area contributed by atoms with Crippen molar-refractivity contribution in [2.75, 3.05) is 6.54 Å². The minimum atomic E-state index is -0.962. The van der Waals surface area contributed by atoms with Crippen LogP contribution >= 0.6 is 0 Å². The predicted molar refractivity (Wildman–Crippen MR) is 78.4 cm³/mol. The molecule has 2 bridgehead atoms. The van der Waals surface area contributed by atoms with E-state index in [0.717, 1.165) is 6.42 Å². The van der Waals surface area contributed by atoms with Crippen LogP contribution in [0.25, 0.3) is 0 Å². The van der Waals surface area contributed by atoms with Crippen LogP contribution in [-0.2, 0) is 9.59 Å². The molecule has 0 aromatic carbocycles. The van der Waals surface area contributed by atoms with Crippen molar-refractivity contribution in [2.45, 2.75) is 39.2 Å². The molecule has 0 aliphatic heterocycles. The Morgan fingerprint density at radius 1 is 1.29 bits per heavy atom. The summed E-state index contributed by atoms with van der Waals surface area (Å²) in [7, 11) is 0. The summed E-state index contributed by atoms with van der Waals surface area (Å²) >= 11 is 0. The van der Waals surface area contributed by atoms with Crippen LogP contribution in [0.4, 0.5) is 0 Å². The minimum Gasteiger partial charge on any atom is -0.481 e. The Hall–Kier alpha value is -1.36. The van der Waals surface area contributed by atoms with E-state index in [1.165, 1.54) is 0 Å². The molecule has 1 amide bonds. The molecule has 5 heteroatoms. The summed E-state index contributed by atoms with van der Waals surface area (Å²) in [5.74, 6) is -1.97. The summed E-state index contributed by atoms with van der Waals surface area (Å²) in [6.07, 6.45) is 5.21. The highest BCUT2D eigenvalue weighted by molar-refractivity contribution is 5.86. The molecule has 3 N–H and O–H groups in total. The van der Waals surface area contributed by atoms with Gasteiger partial charge in [-0.2, -0.15) is 0 Å². The molecule has 2 aliphatic carbocycles. The Morgan fingerprint density at radius 3 is 2.38 bits per heavy atom. The molecule has 0 aromatic heterocycles. The maximum Gasteiger partial charge on any atom is 0.307 e. The maximum atomic E-state index is 12.4. The zero-order valence-corrected chi connectivity index (χ0v) is 12.9. The molecule has 0 radical (unpaired) electrons. The molecule has 0 saturated heterocycles. The van der Waals surface area contributed by atoms with Crippen LogP contribution in [0.5, 0.6) is 0 Å². The van der Waals surface area contributed by atoms with Crippen molar-refractivity contribution in [3.8, 4) is 0 Å². The number of hydrogen-bond donors (Lipinski definition) is 3. The first kappa shape index (κ1) is 16.0. The quantitative estimate of drug-likeness (QED) is 0.647. The molecule has 5 atom stereocenters. The number of fused-ring (bicyclic) bond motifs is 2. The Morgan fingerprint density at radius 2 is 1.86 bits per heavy atom. The maximum absolute atomic E-state index is 12.4. The van der Waals surface area contributed by atoms with Gasteiger partial charge in [0.25, 0.3) is 0 Å². The van der Waals surface area contributed by atoms with E-state index in [2.05, 4.69) is 5.32 Å². The largest absolute Gasteiger partial charge is 0.481 e. The second kappa shape index (κ2) is 5.79. The fourth-order valence-electron chi connectivity index (χ4n) is 3.86. The summed E-state index contributed by atoms with van der Waals surface area (Å²) in [4.78, 5) is 23.8. The van der Waals surface area contributed by atoms with Crippen LogP contribution in [0, 0.1) is 29.6 Å². The van der Waals surface area contributed by atoms with E-state index in [9.17, 15) is 19.8 Å². The second-order valence-corrected chi connectivity index (χ2v) is 7.15. The average molecular weight is 295 g/mol. The molecule has 3 unspecified atom stereocenters. The predicted octanol–water partition coefficient (Wildman–Crippen LogP) is 1.42. The number of hydrogen-bond acceptors (Lipinski definition) is 3. The zero-order chi connectivity index (χ0) is 15.8. The lowest BCUT2D eigenvalue weighted by Crippen LogP contribution is -2.46. The van der Waals surface area contributed by atoms with Crippen LogP contribution in [0.2, 0.25) is 0 Å².